The lowest BCUT2D eigenvalue weighted by molar-refractivity contribution is 0.287. The van der Waals surface area contributed by atoms with E-state index in [1.807, 2.05) is 6.07 Å². The maximum atomic E-state index is 9.79. The first-order valence-corrected chi connectivity index (χ1v) is 7.44. The predicted molar refractivity (Wildman–Crippen MR) is 87.4 cm³/mol. The number of aromatic hydroxyl groups is 1. The first kappa shape index (κ1) is 15.0. The first-order valence-electron chi connectivity index (χ1n) is 7.44. The molecular weight excluding hydrogens is 294 g/mol. The van der Waals surface area contributed by atoms with Crippen molar-refractivity contribution in [3.8, 4) is 11.8 Å². The number of phenols is 1. The molecule has 0 saturated carbocycles. The summed E-state index contributed by atoms with van der Waals surface area (Å²) in [4.78, 5) is 12.9. The Morgan fingerprint density at radius 3 is 3.00 bits per heavy atom. The lowest BCUT2D eigenvalue weighted by Crippen LogP contribution is -2.01. The lowest BCUT2D eigenvalue weighted by atomic mass is 10.2. The van der Waals surface area contributed by atoms with E-state index in [1.54, 1.807) is 30.6 Å². The number of benzene rings is 1. The van der Waals surface area contributed by atoms with Crippen LogP contribution in [0.2, 0.25) is 0 Å². The third-order valence-corrected chi connectivity index (χ3v) is 3.26. The van der Waals surface area contributed by atoms with Crippen LogP contribution in [-0.2, 0) is 0 Å². The van der Waals surface area contributed by atoms with Gasteiger partial charge in [-0.3, -0.25) is 5.10 Å². The van der Waals surface area contributed by atoms with Crippen LogP contribution in [0.15, 0.2) is 35.5 Å². The van der Waals surface area contributed by atoms with Crippen molar-refractivity contribution in [2.24, 2.45) is 4.99 Å². The molecule has 3 rings (SSSR count). The summed E-state index contributed by atoms with van der Waals surface area (Å²) in [6, 6.07) is 7.22. The van der Waals surface area contributed by atoms with Crippen LogP contribution < -0.4 is 4.74 Å². The average Bonchev–Trinajstić information content (AvgIpc) is 3.03. The number of hydrogen-bond donors (Lipinski definition) is 2. The van der Waals surface area contributed by atoms with E-state index in [1.165, 1.54) is 0 Å². The molecular formula is C16H17N5O2. The van der Waals surface area contributed by atoms with Gasteiger partial charge in [-0.15, -0.1) is 0 Å². The molecule has 0 fully saturated rings. The molecule has 118 valence electrons. The van der Waals surface area contributed by atoms with Crippen molar-refractivity contribution in [3.05, 3.63) is 36.0 Å². The van der Waals surface area contributed by atoms with Crippen LogP contribution in [0, 0.1) is 0 Å². The van der Waals surface area contributed by atoms with Gasteiger partial charge in [-0.25, -0.2) is 4.99 Å². The van der Waals surface area contributed by atoms with E-state index in [-0.39, 0.29) is 11.8 Å². The Labute approximate surface area is 133 Å². The van der Waals surface area contributed by atoms with E-state index in [0.717, 1.165) is 12.8 Å². The topological polar surface area (TPSA) is 96.3 Å². The van der Waals surface area contributed by atoms with Crippen LogP contribution in [0.3, 0.4) is 0 Å². The van der Waals surface area contributed by atoms with E-state index in [2.05, 4.69) is 32.1 Å². The number of H-pyrrole nitrogens is 1. The monoisotopic (exact) mass is 311 g/mol. The zero-order valence-electron chi connectivity index (χ0n) is 12.7. The van der Waals surface area contributed by atoms with Crippen LogP contribution in [-0.4, -0.2) is 38.1 Å². The minimum Gasteiger partial charge on any atom is -0.507 e. The molecule has 1 aromatic carbocycles. The molecule has 0 amide bonds. The number of fused-ring (bicyclic) bond motifs is 1. The van der Waals surface area contributed by atoms with E-state index < -0.39 is 0 Å². The number of phenolic OH excluding ortho intramolecular Hbond substituents is 1. The molecule has 23 heavy (non-hydrogen) atoms. The quantitative estimate of drug-likeness (QED) is 0.539. The summed E-state index contributed by atoms with van der Waals surface area (Å²) in [5.41, 5.74) is 1.17. The van der Waals surface area contributed by atoms with Gasteiger partial charge >= 0.3 is 6.01 Å². The molecule has 2 N–H and O–H groups in total. The summed E-state index contributed by atoms with van der Waals surface area (Å²) < 4.78 is 5.55. The number of aromatic amines is 1. The van der Waals surface area contributed by atoms with Gasteiger partial charge in [0.25, 0.3) is 0 Å². The summed E-state index contributed by atoms with van der Waals surface area (Å²) in [6.07, 6.45) is 5.13. The van der Waals surface area contributed by atoms with Gasteiger partial charge in [0.05, 0.1) is 18.2 Å². The third-order valence-electron chi connectivity index (χ3n) is 3.26. The van der Waals surface area contributed by atoms with Crippen molar-refractivity contribution in [1.82, 2.24) is 20.2 Å². The zero-order chi connectivity index (χ0) is 16.1. The molecule has 0 aliphatic rings. The summed E-state index contributed by atoms with van der Waals surface area (Å²) >= 11 is 0. The average molecular weight is 311 g/mol. The molecule has 0 unspecified atom stereocenters. The fourth-order valence-corrected chi connectivity index (χ4v) is 2.00. The minimum absolute atomic E-state index is 0.160. The summed E-state index contributed by atoms with van der Waals surface area (Å²) in [6.45, 7) is 2.64. The molecule has 3 aromatic rings. The summed E-state index contributed by atoms with van der Waals surface area (Å²) in [7, 11) is 0. The van der Waals surface area contributed by atoms with Crippen LogP contribution in [0.1, 0.15) is 25.3 Å². The number of rotatable bonds is 6. The van der Waals surface area contributed by atoms with Crippen molar-refractivity contribution in [1.29, 1.82) is 0 Å². The highest BCUT2D eigenvalue weighted by Crippen LogP contribution is 2.24. The van der Waals surface area contributed by atoms with Crippen molar-refractivity contribution < 1.29 is 9.84 Å². The van der Waals surface area contributed by atoms with Gasteiger partial charge in [-0.2, -0.15) is 15.1 Å². The van der Waals surface area contributed by atoms with Crippen LogP contribution in [0.4, 0.5) is 5.82 Å². The molecule has 7 heteroatoms. The van der Waals surface area contributed by atoms with Crippen molar-refractivity contribution >= 4 is 23.1 Å². The van der Waals surface area contributed by atoms with Gasteiger partial charge in [0, 0.05) is 11.8 Å². The normalized spacial score (nSPS) is 11.3. The Balaban J connectivity index is 1.92. The highest BCUT2D eigenvalue weighted by Gasteiger charge is 2.09. The third kappa shape index (κ3) is 3.45. The van der Waals surface area contributed by atoms with E-state index in [0.29, 0.717) is 29.0 Å². The number of nitrogens with zero attached hydrogens (tertiary/aromatic N) is 4. The smallest absolute Gasteiger partial charge is 0.320 e. The standard InChI is InChI=1S/C16H17N5O2/c1-2-3-8-23-16-19-14(12-10-18-21-15(12)20-16)17-9-11-6-4-5-7-13(11)22/h4-7,9-10,22H,2-3,8H2,1H3,(H,18,19,20,21). The fourth-order valence-electron chi connectivity index (χ4n) is 2.00. The second-order valence-corrected chi connectivity index (χ2v) is 4.98. The van der Waals surface area contributed by atoms with E-state index >= 15 is 0 Å². The molecule has 0 atom stereocenters. The number of para-hydroxylation sites is 1. The Bertz CT molecular complexity index is 828. The number of aromatic nitrogens is 4. The Morgan fingerprint density at radius 1 is 1.30 bits per heavy atom. The number of unbranched alkanes of at least 4 members (excludes halogenated alkanes) is 1. The van der Waals surface area contributed by atoms with Crippen LogP contribution in [0.5, 0.6) is 11.8 Å². The van der Waals surface area contributed by atoms with Gasteiger partial charge in [0.2, 0.25) is 0 Å². The maximum Gasteiger partial charge on any atom is 0.320 e. The predicted octanol–water partition coefficient (Wildman–Crippen LogP) is 2.99. The summed E-state index contributed by atoms with van der Waals surface area (Å²) in [5.74, 6) is 0.603. The van der Waals surface area contributed by atoms with E-state index in [9.17, 15) is 5.11 Å². The highest BCUT2D eigenvalue weighted by atomic mass is 16.5. The molecule has 2 heterocycles. The molecule has 0 aliphatic heterocycles. The number of nitrogens with one attached hydrogen (secondary N) is 1. The van der Waals surface area contributed by atoms with Crippen molar-refractivity contribution in [3.63, 3.8) is 0 Å². The lowest BCUT2D eigenvalue weighted by Gasteiger charge is -2.04. The largest absolute Gasteiger partial charge is 0.507 e. The van der Waals surface area contributed by atoms with Crippen molar-refractivity contribution in [2.45, 2.75) is 19.8 Å². The van der Waals surface area contributed by atoms with Gasteiger partial charge in [-0.05, 0) is 18.6 Å². The highest BCUT2D eigenvalue weighted by molar-refractivity contribution is 5.90. The number of hydrogen-bond acceptors (Lipinski definition) is 6. The number of aliphatic imine (C=N–C) groups is 1. The SMILES string of the molecule is CCCCOc1nc(N=Cc2ccccc2O)c2cn[nH]c2n1. The maximum absolute atomic E-state index is 9.79. The van der Waals surface area contributed by atoms with Gasteiger partial charge in [0.1, 0.15) is 5.75 Å². The van der Waals surface area contributed by atoms with Gasteiger partial charge < -0.3 is 9.84 Å². The molecule has 2 aromatic heterocycles. The van der Waals surface area contributed by atoms with Gasteiger partial charge in [0.15, 0.2) is 11.5 Å². The van der Waals surface area contributed by atoms with E-state index in [4.69, 9.17) is 4.74 Å². The minimum atomic E-state index is 0.160. The summed E-state index contributed by atoms with van der Waals surface area (Å²) in [5, 5.41) is 17.2. The molecule has 0 radical (unpaired) electrons. The molecule has 0 spiro atoms. The zero-order valence-corrected chi connectivity index (χ0v) is 12.7. The fraction of sp³-hybridized carbons (Fsp3) is 0.250. The van der Waals surface area contributed by atoms with Crippen LogP contribution in [0.25, 0.3) is 11.0 Å². The second-order valence-electron chi connectivity index (χ2n) is 4.98. The van der Waals surface area contributed by atoms with Gasteiger partial charge in [-0.1, -0.05) is 25.5 Å². The Hall–Kier alpha value is -2.96. The Morgan fingerprint density at radius 2 is 2.17 bits per heavy atom. The second kappa shape index (κ2) is 6.87. The van der Waals surface area contributed by atoms with Crippen LogP contribution >= 0.6 is 0 Å². The molecule has 0 saturated heterocycles. The Kier molecular flexibility index (Phi) is 4.46. The molecule has 7 nitrogen and oxygen atoms in total. The first-order chi connectivity index (χ1) is 11.3. The van der Waals surface area contributed by atoms with Crippen molar-refractivity contribution in [2.75, 3.05) is 6.61 Å². The molecule has 0 aliphatic carbocycles. The number of ether oxygens (including phenoxy) is 1. The molecule has 0 bridgehead atoms.